The lowest BCUT2D eigenvalue weighted by Gasteiger charge is -2.32. The van der Waals surface area contributed by atoms with Crippen LogP contribution in [-0.2, 0) is 16.1 Å². The number of benzene rings is 1. The molecule has 0 radical (unpaired) electrons. The molecule has 1 fully saturated rings. The highest BCUT2D eigenvalue weighted by Gasteiger charge is 2.24. The predicted octanol–water partition coefficient (Wildman–Crippen LogP) is 2.39. The fourth-order valence-corrected chi connectivity index (χ4v) is 3.17. The van der Waals surface area contributed by atoms with Crippen LogP contribution in [-0.4, -0.2) is 52.6 Å². The molecule has 154 valence electrons. The van der Waals surface area contributed by atoms with Gasteiger partial charge in [-0.1, -0.05) is 30.3 Å². The smallest absolute Gasteiger partial charge is 0.407 e. The second-order valence-corrected chi connectivity index (χ2v) is 7.01. The molecule has 3 rings (SSSR count). The zero-order chi connectivity index (χ0) is 20.6. The van der Waals surface area contributed by atoms with Gasteiger partial charge in [-0.15, -0.1) is 0 Å². The van der Waals surface area contributed by atoms with Gasteiger partial charge >= 0.3 is 6.09 Å². The fourth-order valence-electron chi connectivity index (χ4n) is 3.17. The minimum absolute atomic E-state index is 0.0107. The molecule has 0 atom stereocenters. The van der Waals surface area contributed by atoms with Crippen molar-refractivity contribution in [1.29, 1.82) is 0 Å². The second-order valence-electron chi connectivity index (χ2n) is 7.01. The summed E-state index contributed by atoms with van der Waals surface area (Å²) in [5, 5.41) is 2.51. The van der Waals surface area contributed by atoms with Crippen molar-refractivity contribution in [3.8, 4) is 5.88 Å². The van der Waals surface area contributed by atoms with E-state index < -0.39 is 6.09 Å². The Morgan fingerprint density at radius 1 is 1.14 bits per heavy atom. The zero-order valence-electron chi connectivity index (χ0n) is 16.8. The first-order valence-electron chi connectivity index (χ1n) is 9.71. The summed E-state index contributed by atoms with van der Waals surface area (Å²) in [5.41, 5.74) is 1.76. The summed E-state index contributed by atoms with van der Waals surface area (Å²) in [4.78, 5) is 34.4. The Labute approximate surface area is 170 Å². The predicted molar refractivity (Wildman–Crippen MR) is 106 cm³/mol. The van der Waals surface area contributed by atoms with Crippen LogP contribution in [0.3, 0.4) is 0 Å². The van der Waals surface area contributed by atoms with Crippen LogP contribution in [0.25, 0.3) is 0 Å². The summed E-state index contributed by atoms with van der Waals surface area (Å²) < 4.78 is 11.1. The van der Waals surface area contributed by atoms with Gasteiger partial charge in [-0.05, 0) is 19.4 Å². The van der Waals surface area contributed by atoms with Gasteiger partial charge in [0.05, 0.1) is 0 Å². The molecule has 1 saturated heterocycles. The molecule has 0 bridgehead atoms. The third-order valence-corrected chi connectivity index (χ3v) is 4.62. The quantitative estimate of drug-likeness (QED) is 0.803. The molecule has 1 aliphatic heterocycles. The topological polar surface area (TPSA) is 93.7 Å². The van der Waals surface area contributed by atoms with Crippen molar-refractivity contribution in [2.45, 2.75) is 39.4 Å². The number of amides is 2. The lowest BCUT2D eigenvalue weighted by atomic mass is 10.1. The summed E-state index contributed by atoms with van der Waals surface area (Å²) >= 11 is 0. The molecule has 8 heteroatoms. The maximum Gasteiger partial charge on any atom is 0.407 e. The van der Waals surface area contributed by atoms with Gasteiger partial charge in [0.1, 0.15) is 25.1 Å². The Morgan fingerprint density at radius 3 is 2.55 bits per heavy atom. The molecule has 2 aromatic rings. The number of nitrogens with one attached hydrogen (secondary N) is 1. The van der Waals surface area contributed by atoms with Crippen LogP contribution in [0.1, 0.15) is 29.9 Å². The molecular weight excluding hydrogens is 372 g/mol. The summed E-state index contributed by atoms with van der Waals surface area (Å²) in [6.07, 6.45) is 0.838. The Morgan fingerprint density at radius 2 is 1.86 bits per heavy atom. The normalized spacial score (nSPS) is 14.3. The summed E-state index contributed by atoms with van der Waals surface area (Å²) in [6.45, 7) is 4.98. The molecule has 29 heavy (non-hydrogen) atoms. The summed E-state index contributed by atoms with van der Waals surface area (Å²) in [6, 6.07) is 11.2. The van der Waals surface area contributed by atoms with Crippen molar-refractivity contribution in [3.05, 3.63) is 53.5 Å². The third-order valence-electron chi connectivity index (χ3n) is 4.62. The number of carbonyl (C=O) groups excluding carboxylic acids is 2. The van der Waals surface area contributed by atoms with Gasteiger partial charge in [0.25, 0.3) is 0 Å². The highest BCUT2D eigenvalue weighted by molar-refractivity contribution is 5.82. The first kappa shape index (κ1) is 20.6. The average Bonchev–Trinajstić information content (AvgIpc) is 2.71. The van der Waals surface area contributed by atoms with Crippen LogP contribution in [0.15, 0.2) is 36.4 Å². The second kappa shape index (κ2) is 9.86. The first-order valence-corrected chi connectivity index (χ1v) is 9.71. The van der Waals surface area contributed by atoms with E-state index in [4.69, 9.17) is 9.47 Å². The number of piperidine rings is 1. The van der Waals surface area contributed by atoms with E-state index in [0.29, 0.717) is 37.6 Å². The number of rotatable bonds is 6. The number of hydrogen-bond donors (Lipinski definition) is 1. The van der Waals surface area contributed by atoms with Gasteiger partial charge in [-0.2, -0.15) is 4.98 Å². The van der Waals surface area contributed by atoms with E-state index in [1.807, 2.05) is 50.2 Å². The standard InChI is InChI=1S/C21H26N4O4/c1-15-12-19(24-16(2)23-15)29-18-8-10-25(11-9-18)20(26)13-22-21(27)28-14-17-6-4-3-5-7-17/h3-7,12,18H,8-11,13-14H2,1-2H3,(H,22,27). The SMILES string of the molecule is Cc1cc(OC2CCN(C(=O)CNC(=O)OCc3ccccc3)CC2)nc(C)n1. The van der Waals surface area contributed by atoms with E-state index in [1.54, 1.807) is 4.90 Å². The van der Waals surface area contributed by atoms with Crippen molar-refractivity contribution in [1.82, 2.24) is 20.2 Å². The van der Waals surface area contributed by atoms with E-state index in [2.05, 4.69) is 15.3 Å². The van der Waals surface area contributed by atoms with E-state index in [1.165, 1.54) is 0 Å². The highest BCUT2D eigenvalue weighted by atomic mass is 16.5. The number of carbonyl (C=O) groups is 2. The third kappa shape index (κ3) is 6.44. The maximum atomic E-state index is 12.3. The van der Waals surface area contributed by atoms with Gasteiger partial charge in [0.2, 0.25) is 11.8 Å². The highest BCUT2D eigenvalue weighted by Crippen LogP contribution is 2.18. The Hall–Kier alpha value is -3.16. The maximum absolute atomic E-state index is 12.3. The number of aromatic nitrogens is 2. The fraction of sp³-hybridized carbons (Fsp3) is 0.429. The van der Waals surface area contributed by atoms with Gasteiger partial charge in [0, 0.05) is 37.7 Å². The molecule has 2 heterocycles. The molecule has 2 amide bonds. The number of aryl methyl sites for hydroxylation is 2. The van der Waals surface area contributed by atoms with Crippen molar-refractivity contribution < 1.29 is 19.1 Å². The molecular formula is C21H26N4O4. The van der Waals surface area contributed by atoms with E-state index >= 15 is 0 Å². The molecule has 0 saturated carbocycles. The number of hydrogen-bond acceptors (Lipinski definition) is 6. The van der Waals surface area contributed by atoms with Gasteiger partial charge in [-0.3, -0.25) is 4.79 Å². The van der Waals surface area contributed by atoms with Gasteiger partial charge in [0.15, 0.2) is 0 Å². The Kier molecular flexibility index (Phi) is 6.99. The molecule has 0 spiro atoms. The molecule has 1 aromatic carbocycles. The minimum Gasteiger partial charge on any atom is -0.474 e. The van der Waals surface area contributed by atoms with Crippen molar-refractivity contribution in [2.24, 2.45) is 0 Å². The molecule has 8 nitrogen and oxygen atoms in total. The summed E-state index contributed by atoms with van der Waals surface area (Å²) in [5.74, 6) is 1.12. The van der Waals surface area contributed by atoms with E-state index in [-0.39, 0.29) is 25.2 Å². The van der Waals surface area contributed by atoms with Crippen LogP contribution in [0.4, 0.5) is 4.79 Å². The number of ether oxygens (including phenoxy) is 2. The van der Waals surface area contributed by atoms with Crippen molar-refractivity contribution in [3.63, 3.8) is 0 Å². The molecule has 0 aliphatic carbocycles. The van der Waals surface area contributed by atoms with Crippen LogP contribution in [0.2, 0.25) is 0 Å². The summed E-state index contributed by atoms with van der Waals surface area (Å²) in [7, 11) is 0. The average molecular weight is 398 g/mol. The monoisotopic (exact) mass is 398 g/mol. The Bertz CT molecular complexity index is 816. The molecule has 0 unspecified atom stereocenters. The van der Waals surface area contributed by atoms with Crippen molar-refractivity contribution in [2.75, 3.05) is 19.6 Å². The van der Waals surface area contributed by atoms with E-state index in [0.717, 1.165) is 11.3 Å². The van der Waals surface area contributed by atoms with Crippen LogP contribution in [0, 0.1) is 13.8 Å². The van der Waals surface area contributed by atoms with Crippen LogP contribution < -0.4 is 10.1 Å². The van der Waals surface area contributed by atoms with E-state index in [9.17, 15) is 9.59 Å². The zero-order valence-corrected chi connectivity index (χ0v) is 16.8. The lowest BCUT2D eigenvalue weighted by molar-refractivity contribution is -0.131. The largest absolute Gasteiger partial charge is 0.474 e. The van der Waals surface area contributed by atoms with Gasteiger partial charge in [-0.25, -0.2) is 9.78 Å². The molecule has 1 aromatic heterocycles. The van der Waals surface area contributed by atoms with Crippen molar-refractivity contribution >= 4 is 12.0 Å². The first-order chi connectivity index (χ1) is 14.0. The van der Waals surface area contributed by atoms with Crippen LogP contribution >= 0.6 is 0 Å². The molecule has 1 aliphatic rings. The number of nitrogens with zero attached hydrogens (tertiary/aromatic N) is 3. The number of likely N-dealkylation sites (tertiary alicyclic amines) is 1. The van der Waals surface area contributed by atoms with Crippen LogP contribution in [0.5, 0.6) is 5.88 Å². The Balaban J connectivity index is 1.36. The van der Waals surface area contributed by atoms with Gasteiger partial charge < -0.3 is 19.7 Å². The number of alkyl carbamates (subject to hydrolysis) is 1. The lowest BCUT2D eigenvalue weighted by Crippen LogP contribution is -2.46. The minimum atomic E-state index is -0.602. The molecule has 1 N–H and O–H groups in total.